The second-order valence-electron chi connectivity index (χ2n) is 4.70. The SMILES string of the molecule is CCCC(C)N(C)CC1(O)CCNC1. The van der Waals surface area contributed by atoms with Crippen LogP contribution in [-0.4, -0.2) is 48.3 Å². The average Bonchev–Trinajstić information content (AvgIpc) is 2.52. The van der Waals surface area contributed by atoms with Crippen molar-refractivity contribution in [2.45, 2.75) is 44.8 Å². The molecule has 3 heteroatoms. The molecule has 0 bridgehead atoms. The molecular weight excluding hydrogens is 176 g/mol. The topological polar surface area (TPSA) is 35.5 Å². The summed E-state index contributed by atoms with van der Waals surface area (Å²) in [5.74, 6) is 0. The highest BCUT2D eigenvalue weighted by molar-refractivity contribution is 4.90. The van der Waals surface area contributed by atoms with E-state index in [0.717, 1.165) is 26.1 Å². The fourth-order valence-electron chi connectivity index (χ4n) is 2.12. The molecule has 1 rings (SSSR count). The van der Waals surface area contributed by atoms with E-state index in [1.54, 1.807) is 0 Å². The molecule has 1 aliphatic rings. The largest absolute Gasteiger partial charge is 0.387 e. The summed E-state index contributed by atoms with van der Waals surface area (Å²) < 4.78 is 0. The predicted octanol–water partition coefficient (Wildman–Crippen LogP) is 0.831. The molecule has 1 aliphatic heterocycles. The molecule has 0 aromatic carbocycles. The van der Waals surface area contributed by atoms with Gasteiger partial charge < -0.3 is 15.3 Å². The zero-order chi connectivity index (χ0) is 10.6. The van der Waals surface area contributed by atoms with Crippen molar-refractivity contribution in [2.24, 2.45) is 0 Å². The fraction of sp³-hybridized carbons (Fsp3) is 1.00. The Labute approximate surface area is 87.5 Å². The van der Waals surface area contributed by atoms with Gasteiger partial charge in [-0.3, -0.25) is 0 Å². The van der Waals surface area contributed by atoms with Gasteiger partial charge in [-0.25, -0.2) is 0 Å². The molecule has 14 heavy (non-hydrogen) atoms. The first-order valence-electron chi connectivity index (χ1n) is 5.71. The summed E-state index contributed by atoms with van der Waals surface area (Å²) in [6.07, 6.45) is 3.30. The van der Waals surface area contributed by atoms with E-state index in [-0.39, 0.29) is 0 Å². The monoisotopic (exact) mass is 200 g/mol. The molecule has 0 amide bonds. The highest BCUT2D eigenvalue weighted by Gasteiger charge is 2.32. The van der Waals surface area contributed by atoms with E-state index in [4.69, 9.17) is 0 Å². The van der Waals surface area contributed by atoms with Crippen LogP contribution in [0.2, 0.25) is 0 Å². The molecule has 2 unspecified atom stereocenters. The Morgan fingerprint density at radius 3 is 2.79 bits per heavy atom. The Kier molecular flexibility index (Phi) is 4.35. The molecule has 0 aliphatic carbocycles. The van der Waals surface area contributed by atoms with Gasteiger partial charge in [0.2, 0.25) is 0 Å². The van der Waals surface area contributed by atoms with Gasteiger partial charge in [-0.1, -0.05) is 13.3 Å². The second kappa shape index (κ2) is 5.10. The minimum absolute atomic E-state index is 0.489. The number of nitrogens with zero attached hydrogens (tertiary/aromatic N) is 1. The zero-order valence-electron chi connectivity index (χ0n) is 9.71. The van der Waals surface area contributed by atoms with Gasteiger partial charge in [-0.15, -0.1) is 0 Å². The van der Waals surface area contributed by atoms with Gasteiger partial charge in [0.25, 0.3) is 0 Å². The Morgan fingerprint density at radius 1 is 1.57 bits per heavy atom. The van der Waals surface area contributed by atoms with Crippen LogP contribution in [0.15, 0.2) is 0 Å². The van der Waals surface area contributed by atoms with Gasteiger partial charge in [-0.2, -0.15) is 0 Å². The summed E-state index contributed by atoms with van der Waals surface area (Å²) in [7, 11) is 2.11. The number of likely N-dealkylation sites (N-methyl/N-ethyl adjacent to an activating group) is 1. The lowest BCUT2D eigenvalue weighted by molar-refractivity contribution is 0.0174. The first-order chi connectivity index (χ1) is 6.57. The van der Waals surface area contributed by atoms with Crippen LogP contribution in [-0.2, 0) is 0 Å². The normalized spacial score (nSPS) is 29.8. The molecule has 0 aromatic heterocycles. The van der Waals surface area contributed by atoms with Crippen LogP contribution in [0.4, 0.5) is 0 Å². The molecule has 0 saturated carbocycles. The second-order valence-corrected chi connectivity index (χ2v) is 4.70. The van der Waals surface area contributed by atoms with E-state index in [1.807, 2.05) is 0 Å². The van der Waals surface area contributed by atoms with Crippen molar-refractivity contribution in [2.75, 3.05) is 26.7 Å². The van der Waals surface area contributed by atoms with Gasteiger partial charge in [0, 0.05) is 19.1 Å². The van der Waals surface area contributed by atoms with Crippen molar-refractivity contribution < 1.29 is 5.11 Å². The van der Waals surface area contributed by atoms with Gasteiger partial charge in [-0.05, 0) is 33.4 Å². The third-order valence-electron chi connectivity index (χ3n) is 3.22. The third-order valence-corrected chi connectivity index (χ3v) is 3.22. The molecule has 2 atom stereocenters. The van der Waals surface area contributed by atoms with Crippen LogP contribution in [0.25, 0.3) is 0 Å². The van der Waals surface area contributed by atoms with Crippen LogP contribution >= 0.6 is 0 Å². The quantitative estimate of drug-likeness (QED) is 0.690. The number of nitrogens with one attached hydrogen (secondary N) is 1. The molecule has 84 valence electrons. The molecule has 0 spiro atoms. The Balaban J connectivity index is 2.34. The summed E-state index contributed by atoms with van der Waals surface area (Å²) in [6, 6.07) is 0.574. The molecule has 1 fully saturated rings. The minimum atomic E-state index is -0.489. The smallest absolute Gasteiger partial charge is 0.0909 e. The maximum atomic E-state index is 10.2. The fourth-order valence-corrected chi connectivity index (χ4v) is 2.12. The first-order valence-corrected chi connectivity index (χ1v) is 5.71. The lowest BCUT2D eigenvalue weighted by atomic mass is 10.0. The standard InChI is InChI=1S/C11H24N2O/c1-4-5-10(2)13(3)9-11(14)6-7-12-8-11/h10,12,14H,4-9H2,1-3H3. The molecule has 1 saturated heterocycles. The number of rotatable bonds is 5. The zero-order valence-corrected chi connectivity index (χ0v) is 9.71. The highest BCUT2D eigenvalue weighted by atomic mass is 16.3. The number of β-amino-alcohol motifs (C(OH)–C–C–N with tert-alkyl or cyclic N) is 1. The summed E-state index contributed by atoms with van der Waals surface area (Å²) >= 11 is 0. The Morgan fingerprint density at radius 2 is 2.29 bits per heavy atom. The van der Waals surface area contributed by atoms with Crippen LogP contribution < -0.4 is 5.32 Å². The molecular formula is C11H24N2O. The summed E-state index contributed by atoms with van der Waals surface area (Å²) in [4.78, 5) is 2.27. The first kappa shape index (κ1) is 12.0. The van der Waals surface area contributed by atoms with E-state index >= 15 is 0 Å². The number of hydrogen-bond donors (Lipinski definition) is 2. The van der Waals surface area contributed by atoms with Crippen LogP contribution in [0.3, 0.4) is 0 Å². The summed E-state index contributed by atoms with van der Waals surface area (Å²) in [5, 5.41) is 13.4. The minimum Gasteiger partial charge on any atom is -0.387 e. The van der Waals surface area contributed by atoms with Crippen molar-refractivity contribution >= 4 is 0 Å². The third kappa shape index (κ3) is 3.23. The molecule has 0 aromatic rings. The van der Waals surface area contributed by atoms with Gasteiger partial charge >= 0.3 is 0 Å². The van der Waals surface area contributed by atoms with Gasteiger partial charge in [0.05, 0.1) is 5.60 Å². The molecule has 3 nitrogen and oxygen atoms in total. The maximum absolute atomic E-state index is 10.2. The highest BCUT2D eigenvalue weighted by Crippen LogP contribution is 2.17. The van der Waals surface area contributed by atoms with Crippen LogP contribution in [0, 0.1) is 0 Å². The van der Waals surface area contributed by atoms with E-state index in [0.29, 0.717) is 6.04 Å². The van der Waals surface area contributed by atoms with E-state index in [2.05, 4.69) is 31.1 Å². The van der Waals surface area contributed by atoms with E-state index < -0.39 is 5.60 Å². The predicted molar refractivity (Wildman–Crippen MR) is 59.4 cm³/mol. The molecule has 0 radical (unpaired) electrons. The van der Waals surface area contributed by atoms with Crippen LogP contribution in [0.1, 0.15) is 33.1 Å². The van der Waals surface area contributed by atoms with Crippen molar-refractivity contribution in [1.29, 1.82) is 0 Å². The van der Waals surface area contributed by atoms with Crippen molar-refractivity contribution in [3.05, 3.63) is 0 Å². The lowest BCUT2D eigenvalue weighted by Crippen LogP contribution is -2.46. The van der Waals surface area contributed by atoms with Crippen LogP contribution in [0.5, 0.6) is 0 Å². The van der Waals surface area contributed by atoms with Gasteiger partial charge in [0.1, 0.15) is 0 Å². The van der Waals surface area contributed by atoms with Crippen molar-refractivity contribution in [3.63, 3.8) is 0 Å². The van der Waals surface area contributed by atoms with Crippen molar-refractivity contribution in [3.8, 4) is 0 Å². The Hall–Kier alpha value is -0.120. The maximum Gasteiger partial charge on any atom is 0.0909 e. The number of hydrogen-bond acceptors (Lipinski definition) is 3. The Bertz CT molecular complexity index is 167. The summed E-state index contributed by atoms with van der Waals surface area (Å²) in [5.41, 5.74) is -0.489. The average molecular weight is 200 g/mol. The van der Waals surface area contributed by atoms with Crippen molar-refractivity contribution in [1.82, 2.24) is 10.2 Å². The number of aliphatic hydroxyl groups is 1. The van der Waals surface area contributed by atoms with E-state index in [1.165, 1.54) is 12.8 Å². The van der Waals surface area contributed by atoms with E-state index in [9.17, 15) is 5.11 Å². The molecule has 1 heterocycles. The lowest BCUT2D eigenvalue weighted by Gasteiger charge is -2.32. The summed E-state index contributed by atoms with van der Waals surface area (Å²) in [6.45, 7) is 6.93. The molecule has 2 N–H and O–H groups in total. The van der Waals surface area contributed by atoms with Gasteiger partial charge in [0.15, 0.2) is 0 Å².